The summed E-state index contributed by atoms with van der Waals surface area (Å²) in [6.07, 6.45) is 0.823. The molecule has 0 spiro atoms. The van der Waals surface area contributed by atoms with Gasteiger partial charge in [-0.1, -0.05) is 30.3 Å². The summed E-state index contributed by atoms with van der Waals surface area (Å²) in [6.45, 7) is 3.47. The Bertz CT molecular complexity index is 1160. The second-order valence-electron chi connectivity index (χ2n) is 7.42. The number of nitrogens with one attached hydrogen (secondary N) is 2. The number of rotatable bonds is 6. The highest BCUT2D eigenvalue weighted by Gasteiger charge is 2.43. The van der Waals surface area contributed by atoms with Crippen molar-refractivity contribution in [1.82, 2.24) is 9.97 Å². The Kier molecular flexibility index (Phi) is 5.26. The lowest BCUT2D eigenvalue weighted by Gasteiger charge is -2.10. The van der Waals surface area contributed by atoms with Crippen LogP contribution in [0.4, 0.5) is 11.5 Å². The van der Waals surface area contributed by atoms with Crippen LogP contribution < -0.4 is 10.0 Å². The van der Waals surface area contributed by atoms with Crippen LogP contribution in [0, 0.1) is 19.8 Å². The molecule has 1 fully saturated rings. The van der Waals surface area contributed by atoms with Crippen LogP contribution in [-0.4, -0.2) is 24.3 Å². The third-order valence-corrected chi connectivity index (χ3v) is 6.36. The van der Waals surface area contributed by atoms with Gasteiger partial charge in [0.1, 0.15) is 11.6 Å². The van der Waals surface area contributed by atoms with E-state index in [1.54, 1.807) is 32.0 Å². The van der Waals surface area contributed by atoms with Gasteiger partial charge < -0.3 is 5.32 Å². The average molecular weight is 423 g/mol. The first-order valence-corrected chi connectivity index (χ1v) is 11.1. The molecule has 0 bridgehead atoms. The largest absolute Gasteiger partial charge is 0.326 e. The van der Waals surface area contributed by atoms with E-state index in [9.17, 15) is 13.2 Å². The molecule has 1 aliphatic carbocycles. The highest BCUT2D eigenvalue weighted by atomic mass is 32.2. The molecule has 2 atom stereocenters. The topological polar surface area (TPSA) is 101 Å². The third kappa shape index (κ3) is 4.49. The molecule has 1 amide bonds. The van der Waals surface area contributed by atoms with E-state index < -0.39 is 10.0 Å². The predicted molar refractivity (Wildman–Crippen MR) is 115 cm³/mol. The highest BCUT2D eigenvalue weighted by molar-refractivity contribution is 7.92. The van der Waals surface area contributed by atoms with Gasteiger partial charge in [0.2, 0.25) is 5.91 Å². The molecule has 154 valence electrons. The van der Waals surface area contributed by atoms with Crippen molar-refractivity contribution < 1.29 is 13.2 Å². The van der Waals surface area contributed by atoms with Crippen molar-refractivity contribution in [3.63, 3.8) is 0 Å². The summed E-state index contributed by atoms with van der Waals surface area (Å²) in [4.78, 5) is 20.8. The Hall–Kier alpha value is -3.26. The zero-order chi connectivity index (χ0) is 21.3. The zero-order valence-electron chi connectivity index (χ0n) is 16.7. The number of hydrogen-bond acceptors (Lipinski definition) is 5. The SMILES string of the molecule is Cc1cc(NS(=O)(=O)c2ccc(NC(=O)[C@H]3C[C@@H]3c3ccccc3)cc2)nc(C)n1. The fourth-order valence-electron chi connectivity index (χ4n) is 3.47. The van der Waals surface area contributed by atoms with Crippen LogP contribution in [0.2, 0.25) is 0 Å². The molecule has 2 aromatic carbocycles. The fourth-order valence-corrected chi connectivity index (χ4v) is 4.46. The van der Waals surface area contributed by atoms with E-state index >= 15 is 0 Å². The van der Waals surface area contributed by atoms with E-state index in [2.05, 4.69) is 20.0 Å². The van der Waals surface area contributed by atoms with Crippen molar-refractivity contribution in [2.45, 2.75) is 31.1 Å². The van der Waals surface area contributed by atoms with Gasteiger partial charge in [-0.05, 0) is 56.0 Å². The smallest absolute Gasteiger partial charge is 0.263 e. The summed E-state index contributed by atoms with van der Waals surface area (Å²) in [7, 11) is -3.79. The van der Waals surface area contributed by atoms with E-state index in [0.29, 0.717) is 17.2 Å². The Labute approximate surface area is 175 Å². The van der Waals surface area contributed by atoms with Crippen molar-refractivity contribution >= 4 is 27.4 Å². The number of amides is 1. The average Bonchev–Trinajstić information content (AvgIpc) is 3.49. The standard InChI is InChI=1S/C22H22N4O3S/c1-14-12-21(24-15(2)23-14)26-30(28,29)18-10-8-17(9-11-18)25-22(27)20-13-19(20)16-6-4-3-5-7-16/h3-12,19-20H,13H2,1-2H3,(H,25,27)(H,23,24,26)/t19-,20+/m1/s1. The second kappa shape index (κ2) is 7.87. The summed E-state index contributed by atoms with van der Waals surface area (Å²) in [5.74, 6) is 0.846. The zero-order valence-corrected chi connectivity index (χ0v) is 17.5. The van der Waals surface area contributed by atoms with Gasteiger partial charge in [-0.25, -0.2) is 18.4 Å². The summed E-state index contributed by atoms with van der Waals surface area (Å²) < 4.78 is 27.7. The molecule has 2 N–H and O–H groups in total. The molecule has 0 saturated heterocycles. The van der Waals surface area contributed by atoms with Crippen molar-refractivity contribution in [3.05, 3.63) is 77.7 Å². The van der Waals surface area contributed by atoms with Gasteiger partial charge >= 0.3 is 0 Å². The lowest BCUT2D eigenvalue weighted by molar-refractivity contribution is -0.117. The molecular weight excluding hydrogens is 400 g/mol. The maximum atomic E-state index is 12.6. The number of nitrogens with zero attached hydrogens (tertiary/aromatic N) is 2. The predicted octanol–water partition coefficient (Wildman–Crippen LogP) is 3.64. The van der Waals surface area contributed by atoms with Gasteiger partial charge in [-0.3, -0.25) is 9.52 Å². The van der Waals surface area contributed by atoms with E-state index in [0.717, 1.165) is 6.42 Å². The van der Waals surface area contributed by atoms with Crippen molar-refractivity contribution in [2.75, 3.05) is 10.0 Å². The minimum Gasteiger partial charge on any atom is -0.326 e. The molecule has 0 radical (unpaired) electrons. The molecule has 0 unspecified atom stereocenters. The third-order valence-electron chi connectivity index (χ3n) is 4.99. The summed E-state index contributed by atoms with van der Waals surface area (Å²) in [6, 6.07) is 17.6. The van der Waals surface area contributed by atoms with Crippen LogP contribution in [0.3, 0.4) is 0 Å². The van der Waals surface area contributed by atoms with E-state index in [1.165, 1.54) is 17.7 Å². The van der Waals surface area contributed by atoms with E-state index in [1.807, 2.05) is 30.3 Å². The molecule has 8 heteroatoms. The van der Waals surface area contributed by atoms with Crippen molar-refractivity contribution in [3.8, 4) is 0 Å². The summed E-state index contributed by atoms with van der Waals surface area (Å²) in [5, 5.41) is 2.87. The van der Waals surface area contributed by atoms with Crippen molar-refractivity contribution in [1.29, 1.82) is 0 Å². The lowest BCUT2D eigenvalue weighted by Crippen LogP contribution is -2.16. The number of carbonyl (C=O) groups is 1. The van der Waals surface area contributed by atoms with Crippen LogP contribution in [0.25, 0.3) is 0 Å². The van der Waals surface area contributed by atoms with Crippen LogP contribution >= 0.6 is 0 Å². The number of aromatic nitrogens is 2. The van der Waals surface area contributed by atoms with Gasteiger partial charge in [0.25, 0.3) is 10.0 Å². The van der Waals surface area contributed by atoms with Crippen molar-refractivity contribution in [2.24, 2.45) is 5.92 Å². The number of anilines is 2. The number of benzene rings is 2. The Morgan fingerprint density at radius 2 is 1.70 bits per heavy atom. The number of sulfonamides is 1. The minimum atomic E-state index is -3.79. The molecule has 1 heterocycles. The normalized spacial score (nSPS) is 17.9. The maximum Gasteiger partial charge on any atom is 0.263 e. The highest BCUT2D eigenvalue weighted by Crippen LogP contribution is 2.47. The molecule has 7 nitrogen and oxygen atoms in total. The minimum absolute atomic E-state index is 0.0514. The first-order chi connectivity index (χ1) is 14.3. The second-order valence-corrected chi connectivity index (χ2v) is 9.10. The van der Waals surface area contributed by atoms with Gasteiger partial charge in [-0.15, -0.1) is 0 Å². The molecule has 3 aromatic rings. The number of carbonyl (C=O) groups excluding carboxylic acids is 1. The molecule has 30 heavy (non-hydrogen) atoms. The van der Waals surface area contributed by atoms with Gasteiger partial charge in [-0.2, -0.15) is 0 Å². The quantitative estimate of drug-likeness (QED) is 0.632. The van der Waals surface area contributed by atoms with Gasteiger partial charge in [0.15, 0.2) is 0 Å². The fraction of sp³-hybridized carbons (Fsp3) is 0.227. The van der Waals surface area contributed by atoms with Crippen LogP contribution in [0.5, 0.6) is 0 Å². The first kappa shape index (κ1) is 20.0. The number of hydrogen-bond donors (Lipinski definition) is 2. The first-order valence-electron chi connectivity index (χ1n) is 9.63. The lowest BCUT2D eigenvalue weighted by atomic mass is 10.1. The van der Waals surface area contributed by atoms with Crippen LogP contribution in [0.15, 0.2) is 65.6 Å². The molecular formula is C22H22N4O3S. The monoisotopic (exact) mass is 422 g/mol. The van der Waals surface area contributed by atoms with Gasteiger partial charge in [0.05, 0.1) is 4.90 Å². The van der Waals surface area contributed by atoms with E-state index in [4.69, 9.17) is 0 Å². The molecule has 1 saturated carbocycles. The Morgan fingerprint density at radius 1 is 1.00 bits per heavy atom. The molecule has 4 rings (SSSR count). The van der Waals surface area contributed by atoms with Crippen LogP contribution in [-0.2, 0) is 14.8 Å². The molecule has 0 aliphatic heterocycles. The Morgan fingerprint density at radius 3 is 2.37 bits per heavy atom. The Balaban J connectivity index is 1.41. The van der Waals surface area contributed by atoms with Gasteiger partial charge in [0, 0.05) is 23.4 Å². The molecule has 1 aromatic heterocycles. The maximum absolute atomic E-state index is 12.6. The number of aryl methyl sites for hydroxylation is 2. The van der Waals surface area contributed by atoms with E-state index in [-0.39, 0.29) is 28.5 Å². The summed E-state index contributed by atoms with van der Waals surface area (Å²) >= 11 is 0. The molecule has 1 aliphatic rings. The summed E-state index contributed by atoms with van der Waals surface area (Å²) in [5.41, 5.74) is 2.40. The van der Waals surface area contributed by atoms with Crippen LogP contribution in [0.1, 0.15) is 29.4 Å².